The Kier molecular flexibility index (Phi) is 6.41. The summed E-state index contributed by atoms with van der Waals surface area (Å²) in [5.74, 6) is -0.160. The summed E-state index contributed by atoms with van der Waals surface area (Å²) in [7, 11) is 0. The molecule has 0 radical (unpaired) electrons. The van der Waals surface area contributed by atoms with Crippen molar-refractivity contribution in [2.75, 3.05) is 31.5 Å². The summed E-state index contributed by atoms with van der Waals surface area (Å²) in [5, 5.41) is 10.8. The Labute approximate surface area is 155 Å². The molecule has 0 bridgehead atoms. The summed E-state index contributed by atoms with van der Waals surface area (Å²) in [4.78, 5) is 14.9. The Balaban J connectivity index is 1.63. The zero-order valence-corrected chi connectivity index (χ0v) is 15.7. The molecule has 1 aromatic heterocycles. The third kappa shape index (κ3) is 4.71. The molecule has 1 saturated heterocycles. The lowest BCUT2D eigenvalue weighted by Gasteiger charge is -2.22. The van der Waals surface area contributed by atoms with Gasteiger partial charge in [-0.15, -0.1) is 0 Å². The van der Waals surface area contributed by atoms with Crippen molar-refractivity contribution >= 4 is 11.6 Å². The molecule has 1 unspecified atom stereocenters. The van der Waals surface area contributed by atoms with E-state index < -0.39 is 0 Å². The number of piperidine rings is 1. The first kappa shape index (κ1) is 18.6. The fourth-order valence-electron chi connectivity index (χ4n) is 3.37. The standard InChI is InChI=1S/C20H29N5O/c1-3-24(4-2)15-16-7-5-8-17(13-16)22-20(26)19-10-12-25(23-19)18-9-6-11-21-14-18/h5,7-8,10,12-13,18,21H,3-4,6,9,11,14-15H2,1-2H3,(H,22,26). The van der Waals surface area contributed by atoms with Gasteiger partial charge in [-0.25, -0.2) is 0 Å². The summed E-state index contributed by atoms with van der Waals surface area (Å²) in [6, 6.07) is 10.2. The van der Waals surface area contributed by atoms with E-state index in [2.05, 4.69) is 40.5 Å². The maximum Gasteiger partial charge on any atom is 0.276 e. The monoisotopic (exact) mass is 355 g/mol. The number of benzene rings is 1. The van der Waals surface area contributed by atoms with Crippen LogP contribution in [0, 0.1) is 0 Å². The van der Waals surface area contributed by atoms with Crippen molar-refractivity contribution in [3.8, 4) is 0 Å². The van der Waals surface area contributed by atoms with E-state index in [0.717, 1.165) is 51.3 Å². The molecule has 0 aliphatic carbocycles. The van der Waals surface area contributed by atoms with Crippen LogP contribution < -0.4 is 10.6 Å². The SMILES string of the molecule is CCN(CC)Cc1cccc(NC(=O)c2ccn(C3CCCNC3)n2)c1. The van der Waals surface area contributed by atoms with Crippen LogP contribution in [0.25, 0.3) is 0 Å². The zero-order valence-electron chi connectivity index (χ0n) is 15.7. The molecular formula is C20H29N5O. The number of hydrogen-bond acceptors (Lipinski definition) is 4. The lowest BCUT2D eigenvalue weighted by atomic mass is 10.1. The average molecular weight is 355 g/mol. The van der Waals surface area contributed by atoms with Gasteiger partial charge in [-0.05, 0) is 56.2 Å². The van der Waals surface area contributed by atoms with Gasteiger partial charge in [0.15, 0.2) is 5.69 Å². The van der Waals surface area contributed by atoms with Crippen LogP contribution in [-0.4, -0.2) is 46.8 Å². The molecule has 26 heavy (non-hydrogen) atoms. The molecule has 0 spiro atoms. The third-order valence-corrected chi connectivity index (χ3v) is 4.97. The molecule has 6 nitrogen and oxygen atoms in total. The van der Waals surface area contributed by atoms with Crippen molar-refractivity contribution < 1.29 is 4.79 Å². The highest BCUT2D eigenvalue weighted by Gasteiger charge is 2.17. The van der Waals surface area contributed by atoms with E-state index >= 15 is 0 Å². The first-order valence-electron chi connectivity index (χ1n) is 9.58. The number of carbonyl (C=O) groups excluding carboxylic acids is 1. The van der Waals surface area contributed by atoms with E-state index in [-0.39, 0.29) is 5.91 Å². The molecule has 1 atom stereocenters. The van der Waals surface area contributed by atoms with Crippen molar-refractivity contribution in [3.63, 3.8) is 0 Å². The minimum atomic E-state index is -0.160. The Morgan fingerprint density at radius 2 is 2.19 bits per heavy atom. The highest BCUT2D eigenvalue weighted by atomic mass is 16.1. The summed E-state index contributed by atoms with van der Waals surface area (Å²) >= 11 is 0. The topological polar surface area (TPSA) is 62.2 Å². The van der Waals surface area contributed by atoms with Crippen molar-refractivity contribution in [3.05, 3.63) is 47.8 Å². The van der Waals surface area contributed by atoms with E-state index in [4.69, 9.17) is 0 Å². The highest BCUT2D eigenvalue weighted by molar-refractivity contribution is 6.02. The van der Waals surface area contributed by atoms with Gasteiger partial charge in [0.05, 0.1) is 6.04 Å². The van der Waals surface area contributed by atoms with Crippen LogP contribution in [-0.2, 0) is 6.54 Å². The van der Waals surface area contributed by atoms with E-state index in [1.54, 1.807) is 6.07 Å². The number of nitrogens with zero attached hydrogens (tertiary/aromatic N) is 3. The molecule has 1 aliphatic rings. The molecular weight excluding hydrogens is 326 g/mol. The number of amides is 1. The van der Waals surface area contributed by atoms with E-state index in [1.807, 2.05) is 29.1 Å². The molecule has 2 aromatic rings. The number of nitrogens with one attached hydrogen (secondary N) is 2. The Morgan fingerprint density at radius 3 is 2.92 bits per heavy atom. The molecule has 1 aromatic carbocycles. The number of hydrogen-bond donors (Lipinski definition) is 2. The van der Waals surface area contributed by atoms with Gasteiger partial charge in [0.25, 0.3) is 5.91 Å². The second-order valence-electron chi connectivity index (χ2n) is 6.80. The zero-order chi connectivity index (χ0) is 18.4. The van der Waals surface area contributed by atoms with Crippen LogP contribution in [0.3, 0.4) is 0 Å². The number of carbonyl (C=O) groups is 1. The first-order valence-corrected chi connectivity index (χ1v) is 9.58. The second kappa shape index (κ2) is 8.96. The van der Waals surface area contributed by atoms with Gasteiger partial charge in [-0.2, -0.15) is 5.10 Å². The maximum absolute atomic E-state index is 12.5. The maximum atomic E-state index is 12.5. The summed E-state index contributed by atoms with van der Waals surface area (Å²) in [5.41, 5.74) is 2.48. The number of rotatable bonds is 7. The average Bonchev–Trinajstić information content (AvgIpc) is 3.17. The molecule has 2 N–H and O–H groups in total. The van der Waals surface area contributed by atoms with Gasteiger partial charge >= 0.3 is 0 Å². The van der Waals surface area contributed by atoms with Crippen LogP contribution >= 0.6 is 0 Å². The second-order valence-corrected chi connectivity index (χ2v) is 6.80. The van der Waals surface area contributed by atoms with Gasteiger partial charge < -0.3 is 10.6 Å². The van der Waals surface area contributed by atoms with Gasteiger partial charge in [0, 0.05) is 25.0 Å². The van der Waals surface area contributed by atoms with Gasteiger partial charge in [0.2, 0.25) is 0 Å². The molecule has 2 heterocycles. The summed E-state index contributed by atoms with van der Waals surface area (Å²) in [6.45, 7) is 9.22. The predicted octanol–water partition coefficient (Wildman–Crippen LogP) is 2.90. The van der Waals surface area contributed by atoms with Gasteiger partial charge in [-0.1, -0.05) is 26.0 Å². The quantitative estimate of drug-likeness (QED) is 0.802. The smallest absolute Gasteiger partial charge is 0.276 e. The molecule has 6 heteroatoms. The minimum absolute atomic E-state index is 0.160. The van der Waals surface area contributed by atoms with Crippen molar-refractivity contribution in [2.24, 2.45) is 0 Å². The fraction of sp³-hybridized carbons (Fsp3) is 0.500. The molecule has 1 aliphatic heterocycles. The van der Waals surface area contributed by atoms with Crippen molar-refractivity contribution in [2.45, 2.75) is 39.3 Å². The van der Waals surface area contributed by atoms with Gasteiger partial charge in [-0.3, -0.25) is 14.4 Å². The minimum Gasteiger partial charge on any atom is -0.321 e. The highest BCUT2D eigenvalue weighted by Crippen LogP contribution is 2.17. The summed E-state index contributed by atoms with van der Waals surface area (Å²) in [6.07, 6.45) is 4.15. The molecule has 1 fully saturated rings. The molecule has 0 saturated carbocycles. The Bertz CT molecular complexity index is 716. The predicted molar refractivity (Wildman–Crippen MR) is 104 cm³/mol. The lowest BCUT2D eigenvalue weighted by molar-refractivity contribution is 0.102. The molecule has 140 valence electrons. The molecule has 3 rings (SSSR count). The Morgan fingerprint density at radius 1 is 1.35 bits per heavy atom. The van der Waals surface area contributed by atoms with E-state index in [1.165, 1.54) is 5.56 Å². The normalized spacial score (nSPS) is 17.4. The fourth-order valence-corrected chi connectivity index (χ4v) is 3.37. The van der Waals surface area contributed by atoms with Crippen LogP contribution in [0.15, 0.2) is 36.5 Å². The van der Waals surface area contributed by atoms with Crippen LogP contribution in [0.4, 0.5) is 5.69 Å². The lowest BCUT2D eigenvalue weighted by Crippen LogP contribution is -2.32. The van der Waals surface area contributed by atoms with Crippen molar-refractivity contribution in [1.82, 2.24) is 20.0 Å². The van der Waals surface area contributed by atoms with E-state index in [9.17, 15) is 4.79 Å². The Hall–Kier alpha value is -2.18. The van der Waals surface area contributed by atoms with Crippen LogP contribution in [0.2, 0.25) is 0 Å². The number of aromatic nitrogens is 2. The first-order chi connectivity index (χ1) is 12.7. The number of anilines is 1. The third-order valence-electron chi connectivity index (χ3n) is 4.97. The summed E-state index contributed by atoms with van der Waals surface area (Å²) < 4.78 is 1.91. The largest absolute Gasteiger partial charge is 0.321 e. The van der Waals surface area contributed by atoms with E-state index in [0.29, 0.717) is 11.7 Å². The van der Waals surface area contributed by atoms with Crippen molar-refractivity contribution in [1.29, 1.82) is 0 Å². The van der Waals surface area contributed by atoms with Crippen LogP contribution in [0.5, 0.6) is 0 Å². The van der Waals surface area contributed by atoms with Gasteiger partial charge in [0.1, 0.15) is 0 Å². The molecule has 1 amide bonds. The van der Waals surface area contributed by atoms with Crippen LogP contribution in [0.1, 0.15) is 48.8 Å².